The lowest BCUT2D eigenvalue weighted by Crippen LogP contribution is -2.21. The van der Waals surface area contributed by atoms with Gasteiger partial charge in [0.15, 0.2) is 5.13 Å². The highest BCUT2D eigenvalue weighted by Gasteiger charge is 2.17. The molecule has 116 valence electrons. The molecule has 3 aromatic rings. The number of hydrogen-bond donors (Lipinski definition) is 2. The van der Waals surface area contributed by atoms with Gasteiger partial charge in [-0.1, -0.05) is 11.6 Å². The Morgan fingerprint density at radius 1 is 1.43 bits per heavy atom. The summed E-state index contributed by atoms with van der Waals surface area (Å²) in [6.45, 7) is 0. The van der Waals surface area contributed by atoms with Crippen molar-refractivity contribution in [2.24, 2.45) is 0 Å². The van der Waals surface area contributed by atoms with Crippen molar-refractivity contribution in [3.8, 4) is 0 Å². The van der Waals surface area contributed by atoms with Gasteiger partial charge in [0.1, 0.15) is 11.8 Å². The SMILES string of the molecule is O=C(Nc1ncc([N+](=O)[O-])s1)c1c[nH]c2ccc(Cl)cc2c1=O. The van der Waals surface area contributed by atoms with Gasteiger partial charge in [-0.2, -0.15) is 0 Å². The molecule has 2 heterocycles. The number of carbonyl (C=O) groups excluding carboxylic acids is 1. The van der Waals surface area contributed by atoms with E-state index in [1.165, 1.54) is 12.3 Å². The van der Waals surface area contributed by atoms with Gasteiger partial charge in [0.05, 0.1) is 4.92 Å². The number of carbonyl (C=O) groups is 1. The second-order valence-electron chi connectivity index (χ2n) is 4.44. The van der Waals surface area contributed by atoms with E-state index in [0.29, 0.717) is 21.9 Å². The first-order chi connectivity index (χ1) is 11.0. The van der Waals surface area contributed by atoms with Crippen LogP contribution in [-0.4, -0.2) is 20.8 Å². The molecule has 0 aliphatic heterocycles. The molecule has 0 spiro atoms. The minimum Gasteiger partial charge on any atom is -0.360 e. The Kier molecular flexibility index (Phi) is 3.80. The molecule has 2 N–H and O–H groups in total. The van der Waals surface area contributed by atoms with Crippen LogP contribution in [0.3, 0.4) is 0 Å². The number of hydrogen-bond acceptors (Lipinski definition) is 6. The standard InChI is InChI=1S/C13H7ClN4O4S/c14-6-1-2-9-7(3-6)11(19)8(4-15-9)12(20)17-13-16-5-10(23-13)18(21)22/h1-5H,(H,15,19)(H,16,17,20). The van der Waals surface area contributed by atoms with Crippen LogP contribution in [0, 0.1) is 10.1 Å². The normalized spacial score (nSPS) is 10.7. The number of aromatic amines is 1. The largest absolute Gasteiger partial charge is 0.360 e. The maximum absolute atomic E-state index is 12.4. The van der Waals surface area contributed by atoms with E-state index in [0.717, 1.165) is 6.20 Å². The fourth-order valence-electron chi connectivity index (χ4n) is 1.93. The minimum absolute atomic E-state index is 0.0345. The summed E-state index contributed by atoms with van der Waals surface area (Å²) < 4.78 is 0. The molecule has 1 amide bonds. The number of nitrogens with zero attached hydrogens (tertiary/aromatic N) is 2. The molecule has 0 saturated carbocycles. The predicted molar refractivity (Wildman–Crippen MR) is 86.3 cm³/mol. The number of rotatable bonds is 3. The van der Waals surface area contributed by atoms with Crippen LogP contribution in [0.5, 0.6) is 0 Å². The summed E-state index contributed by atoms with van der Waals surface area (Å²) in [5.41, 5.74) is -0.0942. The molecule has 2 aromatic heterocycles. The summed E-state index contributed by atoms with van der Waals surface area (Å²) in [7, 11) is 0. The molecule has 0 unspecified atom stereocenters. The Hall–Kier alpha value is -2.78. The summed E-state index contributed by atoms with van der Waals surface area (Å²) in [6, 6.07) is 4.71. The molecule has 10 heteroatoms. The van der Waals surface area contributed by atoms with Gasteiger partial charge in [0.25, 0.3) is 5.91 Å². The van der Waals surface area contributed by atoms with E-state index in [1.807, 2.05) is 0 Å². The third-order valence-corrected chi connectivity index (χ3v) is 4.08. The Labute approximate surface area is 136 Å². The minimum atomic E-state index is -0.711. The summed E-state index contributed by atoms with van der Waals surface area (Å²) in [6.07, 6.45) is 2.31. The second kappa shape index (κ2) is 5.78. The van der Waals surface area contributed by atoms with E-state index in [1.54, 1.807) is 12.1 Å². The van der Waals surface area contributed by atoms with Crippen LogP contribution in [0.1, 0.15) is 10.4 Å². The first kappa shape index (κ1) is 15.1. The van der Waals surface area contributed by atoms with E-state index in [4.69, 9.17) is 11.6 Å². The van der Waals surface area contributed by atoms with Crippen molar-refractivity contribution >= 4 is 49.9 Å². The van der Waals surface area contributed by atoms with Crippen molar-refractivity contribution in [1.82, 2.24) is 9.97 Å². The Morgan fingerprint density at radius 2 is 2.22 bits per heavy atom. The highest BCUT2D eigenvalue weighted by Crippen LogP contribution is 2.25. The van der Waals surface area contributed by atoms with Gasteiger partial charge in [0.2, 0.25) is 5.43 Å². The number of amides is 1. The zero-order chi connectivity index (χ0) is 16.6. The summed E-state index contributed by atoms with van der Waals surface area (Å²) in [5.74, 6) is -0.711. The van der Waals surface area contributed by atoms with Gasteiger partial charge in [-0.3, -0.25) is 25.0 Å². The van der Waals surface area contributed by atoms with Gasteiger partial charge in [0, 0.05) is 22.1 Å². The molecule has 3 rings (SSSR count). The van der Waals surface area contributed by atoms with Crippen molar-refractivity contribution in [1.29, 1.82) is 0 Å². The molecule has 0 aliphatic carbocycles. The average molecular weight is 351 g/mol. The molecule has 8 nitrogen and oxygen atoms in total. The van der Waals surface area contributed by atoms with Gasteiger partial charge in [-0.15, -0.1) is 0 Å². The van der Waals surface area contributed by atoms with Gasteiger partial charge < -0.3 is 4.98 Å². The fourth-order valence-corrected chi connectivity index (χ4v) is 2.73. The quantitative estimate of drug-likeness (QED) is 0.556. The van der Waals surface area contributed by atoms with Crippen LogP contribution in [0.2, 0.25) is 5.02 Å². The lowest BCUT2D eigenvalue weighted by molar-refractivity contribution is -0.380. The van der Waals surface area contributed by atoms with Crippen molar-refractivity contribution in [3.63, 3.8) is 0 Å². The van der Waals surface area contributed by atoms with Crippen LogP contribution in [0.15, 0.2) is 35.4 Å². The van der Waals surface area contributed by atoms with E-state index >= 15 is 0 Å². The number of thiazole rings is 1. The van der Waals surface area contributed by atoms with Gasteiger partial charge in [-0.25, -0.2) is 4.98 Å². The zero-order valence-corrected chi connectivity index (χ0v) is 12.8. The summed E-state index contributed by atoms with van der Waals surface area (Å²) >= 11 is 6.56. The van der Waals surface area contributed by atoms with Crippen molar-refractivity contribution in [2.75, 3.05) is 5.32 Å². The number of pyridine rings is 1. The molecule has 1 aromatic carbocycles. The molecule has 0 saturated heterocycles. The van der Waals surface area contributed by atoms with E-state index in [9.17, 15) is 19.7 Å². The monoisotopic (exact) mass is 350 g/mol. The number of halogens is 1. The average Bonchev–Trinajstić information content (AvgIpc) is 2.97. The molecular formula is C13H7ClN4O4S. The molecule has 0 atom stereocenters. The summed E-state index contributed by atoms with van der Waals surface area (Å²) in [5, 5.41) is 13.4. The van der Waals surface area contributed by atoms with E-state index in [-0.39, 0.29) is 21.1 Å². The number of fused-ring (bicyclic) bond motifs is 1. The van der Waals surface area contributed by atoms with Crippen LogP contribution in [0.25, 0.3) is 10.9 Å². The number of aromatic nitrogens is 2. The second-order valence-corrected chi connectivity index (χ2v) is 5.88. The van der Waals surface area contributed by atoms with Crippen molar-refractivity contribution in [2.45, 2.75) is 0 Å². The maximum atomic E-state index is 12.4. The first-order valence-corrected chi connectivity index (χ1v) is 7.37. The van der Waals surface area contributed by atoms with E-state index < -0.39 is 16.3 Å². The topological polar surface area (TPSA) is 118 Å². The Balaban J connectivity index is 1.95. The van der Waals surface area contributed by atoms with Crippen LogP contribution in [-0.2, 0) is 0 Å². The molecule has 0 radical (unpaired) electrons. The molecule has 0 bridgehead atoms. The number of nitrogens with one attached hydrogen (secondary N) is 2. The smallest absolute Gasteiger partial charge is 0.345 e. The lowest BCUT2D eigenvalue weighted by Gasteiger charge is -2.03. The Bertz CT molecular complexity index is 997. The Morgan fingerprint density at radius 3 is 2.91 bits per heavy atom. The number of H-pyrrole nitrogens is 1. The van der Waals surface area contributed by atoms with E-state index in [2.05, 4.69) is 15.3 Å². The van der Waals surface area contributed by atoms with Crippen LogP contribution in [0.4, 0.5) is 10.1 Å². The predicted octanol–water partition coefficient (Wildman–Crippen LogP) is 2.80. The highest BCUT2D eigenvalue weighted by atomic mass is 35.5. The molecule has 0 fully saturated rings. The molecule has 23 heavy (non-hydrogen) atoms. The number of benzene rings is 1. The van der Waals surface area contributed by atoms with Crippen molar-refractivity contribution in [3.05, 3.63) is 61.5 Å². The fraction of sp³-hybridized carbons (Fsp3) is 0. The number of anilines is 1. The molecule has 0 aliphatic rings. The zero-order valence-electron chi connectivity index (χ0n) is 11.2. The third kappa shape index (κ3) is 2.91. The van der Waals surface area contributed by atoms with Gasteiger partial charge in [-0.05, 0) is 29.5 Å². The summed E-state index contributed by atoms with van der Waals surface area (Å²) in [4.78, 5) is 41.1. The first-order valence-electron chi connectivity index (χ1n) is 6.18. The third-order valence-electron chi connectivity index (χ3n) is 2.98. The number of nitro groups is 1. The van der Waals surface area contributed by atoms with Crippen LogP contribution >= 0.6 is 22.9 Å². The lowest BCUT2D eigenvalue weighted by atomic mass is 10.1. The van der Waals surface area contributed by atoms with Crippen molar-refractivity contribution < 1.29 is 9.72 Å². The van der Waals surface area contributed by atoms with Gasteiger partial charge >= 0.3 is 5.00 Å². The maximum Gasteiger partial charge on any atom is 0.345 e. The molecular weight excluding hydrogens is 344 g/mol. The highest BCUT2D eigenvalue weighted by molar-refractivity contribution is 7.18. The van der Waals surface area contributed by atoms with Crippen LogP contribution < -0.4 is 10.7 Å².